The Morgan fingerprint density at radius 3 is 2.62 bits per heavy atom. The molecule has 0 atom stereocenters. The van der Waals surface area contributed by atoms with Crippen molar-refractivity contribution in [3.63, 3.8) is 0 Å². The predicted octanol–water partition coefficient (Wildman–Crippen LogP) is 2.30. The molecular weight excluding hydrogens is 266 g/mol. The van der Waals surface area contributed by atoms with Gasteiger partial charge in [0.15, 0.2) is 5.82 Å². The maximum absolute atomic E-state index is 5.01. The number of rotatable bonds is 4. The molecule has 0 saturated heterocycles. The smallest absolute Gasteiger partial charge is 0.233 e. The largest absolute Gasteiger partial charge is 0.480 e. The van der Waals surface area contributed by atoms with E-state index in [1.165, 1.54) is 5.56 Å². The van der Waals surface area contributed by atoms with Crippen molar-refractivity contribution < 1.29 is 4.74 Å². The lowest BCUT2D eigenvalue weighted by atomic mass is 10.2. The molecule has 0 aliphatic rings. The molecule has 0 bridgehead atoms. The summed E-state index contributed by atoms with van der Waals surface area (Å²) < 4.78 is 6.72. The van der Waals surface area contributed by atoms with Crippen LogP contribution in [0.1, 0.15) is 12.5 Å². The number of hydrogen-bond acceptors (Lipinski definition) is 5. The fourth-order valence-corrected chi connectivity index (χ4v) is 2.00. The number of pyridine rings is 1. The molecule has 0 aliphatic carbocycles. The Balaban J connectivity index is 1.99. The molecule has 106 valence electrons. The predicted molar refractivity (Wildman–Crippen MR) is 78.3 cm³/mol. The Bertz CT molecular complexity index is 657. The van der Waals surface area contributed by atoms with Crippen molar-refractivity contribution in [1.29, 1.82) is 0 Å². The van der Waals surface area contributed by atoms with Crippen molar-refractivity contribution in [3.8, 4) is 23.1 Å². The molecule has 0 spiro atoms. The summed E-state index contributed by atoms with van der Waals surface area (Å²) in [6.45, 7) is 2.11. The first-order chi connectivity index (χ1) is 10.3. The SMILES string of the molecule is CCc1ccc(-c2ccnn2-c2ccc(OC)nn2)nc1. The van der Waals surface area contributed by atoms with E-state index in [0.29, 0.717) is 11.7 Å². The number of aromatic nitrogens is 5. The third-order valence-electron chi connectivity index (χ3n) is 3.19. The highest BCUT2D eigenvalue weighted by Crippen LogP contribution is 2.20. The van der Waals surface area contributed by atoms with Gasteiger partial charge in [-0.2, -0.15) is 5.10 Å². The van der Waals surface area contributed by atoms with E-state index in [1.807, 2.05) is 24.4 Å². The molecule has 0 fully saturated rings. The molecule has 0 aromatic carbocycles. The minimum Gasteiger partial charge on any atom is -0.480 e. The van der Waals surface area contributed by atoms with Crippen molar-refractivity contribution in [1.82, 2.24) is 25.0 Å². The number of ether oxygens (including phenoxy) is 1. The van der Waals surface area contributed by atoms with E-state index < -0.39 is 0 Å². The number of hydrogen-bond donors (Lipinski definition) is 0. The van der Waals surface area contributed by atoms with Gasteiger partial charge in [-0.1, -0.05) is 13.0 Å². The Morgan fingerprint density at radius 1 is 1.10 bits per heavy atom. The van der Waals surface area contributed by atoms with Crippen LogP contribution < -0.4 is 4.74 Å². The zero-order chi connectivity index (χ0) is 14.7. The maximum atomic E-state index is 5.01. The molecule has 3 aromatic heterocycles. The molecule has 3 heterocycles. The topological polar surface area (TPSA) is 65.7 Å². The average Bonchev–Trinajstić information content (AvgIpc) is 3.04. The number of aryl methyl sites for hydroxylation is 1. The highest BCUT2D eigenvalue weighted by Gasteiger charge is 2.10. The lowest BCUT2D eigenvalue weighted by Gasteiger charge is -2.06. The van der Waals surface area contributed by atoms with E-state index >= 15 is 0 Å². The molecule has 3 aromatic rings. The molecule has 0 saturated carbocycles. The van der Waals surface area contributed by atoms with Crippen LogP contribution in [-0.2, 0) is 6.42 Å². The molecule has 0 amide bonds. The average molecular weight is 281 g/mol. The van der Waals surface area contributed by atoms with E-state index in [1.54, 1.807) is 24.1 Å². The van der Waals surface area contributed by atoms with Crippen LogP contribution in [0.15, 0.2) is 42.7 Å². The first-order valence-electron chi connectivity index (χ1n) is 6.69. The van der Waals surface area contributed by atoms with Crippen LogP contribution in [0.3, 0.4) is 0 Å². The van der Waals surface area contributed by atoms with Crippen LogP contribution in [0.2, 0.25) is 0 Å². The lowest BCUT2D eigenvalue weighted by molar-refractivity contribution is 0.391. The summed E-state index contributed by atoms with van der Waals surface area (Å²) >= 11 is 0. The van der Waals surface area contributed by atoms with Crippen molar-refractivity contribution in [2.75, 3.05) is 7.11 Å². The number of nitrogens with zero attached hydrogens (tertiary/aromatic N) is 5. The standard InChI is InChI=1S/C15H15N5O/c1-3-11-4-5-12(16-10-11)13-8-9-17-20(13)14-6-7-15(21-2)19-18-14/h4-10H,3H2,1-2H3. The molecule has 0 N–H and O–H groups in total. The minimum absolute atomic E-state index is 0.470. The molecule has 0 radical (unpaired) electrons. The summed E-state index contributed by atoms with van der Waals surface area (Å²) in [5.41, 5.74) is 2.92. The quantitative estimate of drug-likeness (QED) is 0.734. The molecule has 21 heavy (non-hydrogen) atoms. The summed E-state index contributed by atoms with van der Waals surface area (Å²) in [6.07, 6.45) is 4.57. The third-order valence-corrected chi connectivity index (χ3v) is 3.19. The van der Waals surface area contributed by atoms with Gasteiger partial charge in [0.1, 0.15) is 0 Å². The summed E-state index contributed by atoms with van der Waals surface area (Å²) in [6, 6.07) is 9.52. The zero-order valence-electron chi connectivity index (χ0n) is 11.9. The Morgan fingerprint density at radius 2 is 2.00 bits per heavy atom. The van der Waals surface area contributed by atoms with Crippen molar-refractivity contribution in [2.24, 2.45) is 0 Å². The van der Waals surface area contributed by atoms with E-state index in [9.17, 15) is 0 Å². The Kier molecular flexibility index (Phi) is 3.59. The zero-order valence-corrected chi connectivity index (χ0v) is 11.9. The first kappa shape index (κ1) is 13.2. The van der Waals surface area contributed by atoms with Crippen LogP contribution in [0.5, 0.6) is 5.88 Å². The molecule has 3 rings (SSSR count). The second-order valence-electron chi connectivity index (χ2n) is 4.47. The summed E-state index contributed by atoms with van der Waals surface area (Å²) in [5.74, 6) is 1.09. The highest BCUT2D eigenvalue weighted by atomic mass is 16.5. The van der Waals surface area contributed by atoms with Gasteiger partial charge in [-0.25, -0.2) is 4.68 Å². The van der Waals surface area contributed by atoms with Gasteiger partial charge in [0.25, 0.3) is 0 Å². The molecule has 0 aliphatic heterocycles. The van der Waals surface area contributed by atoms with Gasteiger partial charge in [-0.15, -0.1) is 10.2 Å². The maximum Gasteiger partial charge on any atom is 0.233 e. The van der Waals surface area contributed by atoms with Gasteiger partial charge in [-0.3, -0.25) is 4.98 Å². The van der Waals surface area contributed by atoms with E-state index in [2.05, 4.69) is 33.3 Å². The van der Waals surface area contributed by atoms with Crippen molar-refractivity contribution in [2.45, 2.75) is 13.3 Å². The van der Waals surface area contributed by atoms with Crippen LogP contribution in [0.25, 0.3) is 17.2 Å². The van der Waals surface area contributed by atoms with Gasteiger partial charge >= 0.3 is 0 Å². The van der Waals surface area contributed by atoms with Gasteiger partial charge < -0.3 is 4.74 Å². The van der Waals surface area contributed by atoms with Crippen LogP contribution in [0.4, 0.5) is 0 Å². The van der Waals surface area contributed by atoms with Crippen molar-refractivity contribution >= 4 is 0 Å². The highest BCUT2D eigenvalue weighted by molar-refractivity contribution is 5.56. The van der Waals surface area contributed by atoms with Crippen LogP contribution >= 0.6 is 0 Å². The first-order valence-corrected chi connectivity index (χ1v) is 6.69. The van der Waals surface area contributed by atoms with Gasteiger partial charge in [-0.05, 0) is 30.2 Å². The minimum atomic E-state index is 0.470. The Hall–Kier alpha value is -2.76. The number of methoxy groups -OCH3 is 1. The molecule has 6 nitrogen and oxygen atoms in total. The fraction of sp³-hybridized carbons (Fsp3) is 0.200. The van der Waals surface area contributed by atoms with Crippen LogP contribution in [0, 0.1) is 0 Å². The van der Waals surface area contributed by atoms with E-state index in [0.717, 1.165) is 17.8 Å². The van der Waals surface area contributed by atoms with E-state index in [-0.39, 0.29) is 0 Å². The van der Waals surface area contributed by atoms with Gasteiger partial charge in [0, 0.05) is 12.3 Å². The summed E-state index contributed by atoms with van der Waals surface area (Å²) in [7, 11) is 1.56. The second kappa shape index (κ2) is 5.70. The van der Waals surface area contributed by atoms with Gasteiger partial charge in [0.05, 0.1) is 24.7 Å². The molecule has 0 unspecified atom stereocenters. The Labute approximate surface area is 122 Å². The monoisotopic (exact) mass is 281 g/mol. The fourth-order valence-electron chi connectivity index (χ4n) is 2.00. The summed E-state index contributed by atoms with van der Waals surface area (Å²) in [4.78, 5) is 4.48. The second-order valence-corrected chi connectivity index (χ2v) is 4.47. The van der Waals surface area contributed by atoms with Crippen LogP contribution in [-0.4, -0.2) is 32.1 Å². The lowest BCUT2D eigenvalue weighted by Crippen LogP contribution is -2.04. The van der Waals surface area contributed by atoms with E-state index in [4.69, 9.17) is 4.74 Å². The van der Waals surface area contributed by atoms with Crippen molar-refractivity contribution in [3.05, 3.63) is 48.3 Å². The normalized spacial score (nSPS) is 10.6. The van der Waals surface area contributed by atoms with Gasteiger partial charge in [0.2, 0.25) is 5.88 Å². The summed E-state index contributed by atoms with van der Waals surface area (Å²) in [5, 5.41) is 12.4. The molecular formula is C15H15N5O. The molecule has 6 heteroatoms. The third kappa shape index (κ3) is 2.60.